The third kappa shape index (κ3) is 5.56. The molecule has 1 atom stereocenters. The van der Waals surface area contributed by atoms with Crippen LogP contribution < -0.4 is 0 Å². The summed E-state index contributed by atoms with van der Waals surface area (Å²) in [5, 5.41) is 8.04. The van der Waals surface area contributed by atoms with Gasteiger partial charge in [0.25, 0.3) is 0 Å². The Balaban J connectivity index is 3.16. The number of aliphatic hydroxyl groups excluding tert-OH is 1. The summed E-state index contributed by atoms with van der Waals surface area (Å²) < 4.78 is 13.7. The molecule has 0 saturated carbocycles. The molecule has 0 aliphatic rings. The van der Waals surface area contributed by atoms with E-state index in [1.165, 1.54) is 6.08 Å². The maximum Gasteiger partial charge on any atom is 0.746 e. The second-order valence-corrected chi connectivity index (χ2v) is 1.58. The topological polar surface area (TPSA) is 66.8 Å². The highest BCUT2D eigenvalue weighted by molar-refractivity contribution is 7.32. The highest BCUT2D eigenvalue weighted by atomic mass is 31.1. The predicted octanol–water partition coefficient (Wildman–Crippen LogP) is 0.159. The molecule has 0 fully saturated rings. The van der Waals surface area contributed by atoms with Crippen molar-refractivity contribution in [3.8, 4) is 0 Å². The fourth-order valence-corrected chi connectivity index (χ4v) is 0.328. The van der Waals surface area contributed by atoms with Gasteiger partial charge in [-0.15, -0.1) is 4.89 Å². The van der Waals surface area contributed by atoms with E-state index in [4.69, 9.17) is 10.00 Å². The summed E-state index contributed by atoms with van der Waals surface area (Å²) in [6.45, 7) is -0.191. The van der Waals surface area contributed by atoms with Crippen LogP contribution in [0.2, 0.25) is 0 Å². The quantitative estimate of drug-likeness (QED) is 0.429. The molecule has 0 bridgehead atoms. The van der Waals surface area contributed by atoms with Crippen molar-refractivity contribution in [2.75, 3.05) is 6.61 Å². The van der Waals surface area contributed by atoms with Crippen LogP contribution in [0.5, 0.6) is 0 Å². The van der Waals surface area contributed by atoms with E-state index < -0.39 is 8.25 Å². The minimum Gasteiger partial charge on any atom is -0.392 e. The lowest BCUT2D eigenvalue weighted by atomic mass is 10.7. The van der Waals surface area contributed by atoms with Crippen LogP contribution in [0.15, 0.2) is 12.3 Å². The summed E-state index contributed by atoms with van der Waals surface area (Å²) >= 11 is 0. The van der Waals surface area contributed by atoms with Gasteiger partial charge in [-0.05, 0) is 6.08 Å². The van der Waals surface area contributed by atoms with Crippen LogP contribution in [0.1, 0.15) is 0 Å². The maximum atomic E-state index is 9.67. The smallest absolute Gasteiger partial charge is 0.392 e. The van der Waals surface area contributed by atoms with E-state index >= 15 is 0 Å². The zero-order chi connectivity index (χ0) is 6.41. The summed E-state index contributed by atoms with van der Waals surface area (Å²) in [6, 6.07) is 0. The molecule has 0 aromatic carbocycles. The molecule has 2 N–H and O–H groups in total. The van der Waals surface area contributed by atoms with Crippen LogP contribution >= 0.6 is 8.25 Å². The molecule has 46 valence electrons. The Morgan fingerprint density at radius 1 is 1.75 bits per heavy atom. The standard InChI is InChI=1S/C3H5O4P/c4-2-1-3-7-8(5)6/h1,3-4H,2H2/p+1/b3-1+. The molecule has 0 saturated heterocycles. The van der Waals surface area contributed by atoms with Crippen LogP contribution in [-0.4, -0.2) is 16.6 Å². The van der Waals surface area contributed by atoms with Gasteiger partial charge in [-0.1, -0.05) is 0 Å². The Morgan fingerprint density at radius 3 is 2.75 bits per heavy atom. The van der Waals surface area contributed by atoms with Crippen LogP contribution in [0.4, 0.5) is 0 Å². The van der Waals surface area contributed by atoms with Crippen molar-refractivity contribution in [3.63, 3.8) is 0 Å². The first-order valence-electron chi connectivity index (χ1n) is 1.86. The SMILES string of the molecule is O=[P+](O)O/C=C/CO. The van der Waals surface area contributed by atoms with Gasteiger partial charge in [-0.2, -0.15) is 0 Å². The number of rotatable bonds is 3. The summed E-state index contributed by atoms with van der Waals surface area (Å²) in [4.78, 5) is 7.93. The van der Waals surface area contributed by atoms with Crippen LogP contribution in [0, 0.1) is 0 Å². The van der Waals surface area contributed by atoms with Crippen molar-refractivity contribution >= 4 is 8.25 Å². The summed E-state index contributed by atoms with van der Waals surface area (Å²) in [6.07, 6.45) is 2.18. The van der Waals surface area contributed by atoms with E-state index in [0.717, 1.165) is 6.26 Å². The molecule has 0 amide bonds. The Morgan fingerprint density at radius 2 is 2.38 bits per heavy atom. The molecule has 0 spiro atoms. The summed E-state index contributed by atoms with van der Waals surface area (Å²) in [5.74, 6) is 0. The lowest BCUT2D eigenvalue weighted by molar-refractivity contribution is 0.334. The van der Waals surface area contributed by atoms with Gasteiger partial charge in [-0.3, -0.25) is 0 Å². The van der Waals surface area contributed by atoms with Gasteiger partial charge in [0.2, 0.25) is 0 Å². The minimum absolute atomic E-state index is 0.191. The van der Waals surface area contributed by atoms with Crippen molar-refractivity contribution in [2.24, 2.45) is 0 Å². The Labute approximate surface area is 47.4 Å². The Hall–Kier alpha value is -0.440. The van der Waals surface area contributed by atoms with Crippen LogP contribution in [-0.2, 0) is 9.09 Å². The Kier molecular flexibility index (Phi) is 4.45. The molecule has 0 rings (SSSR count). The zero-order valence-corrected chi connectivity index (χ0v) is 4.91. The molecule has 8 heavy (non-hydrogen) atoms. The van der Waals surface area contributed by atoms with Gasteiger partial charge in [0.15, 0.2) is 6.26 Å². The van der Waals surface area contributed by atoms with E-state index in [1.54, 1.807) is 0 Å². The second kappa shape index (κ2) is 4.71. The minimum atomic E-state index is -2.56. The van der Waals surface area contributed by atoms with Crippen molar-refractivity contribution in [1.82, 2.24) is 0 Å². The third-order valence-corrected chi connectivity index (χ3v) is 0.655. The Bertz CT molecular complexity index is 99.5. The van der Waals surface area contributed by atoms with Gasteiger partial charge in [0, 0.05) is 4.57 Å². The highest BCUT2D eigenvalue weighted by Gasteiger charge is 2.06. The summed E-state index contributed by atoms with van der Waals surface area (Å²) in [7, 11) is -2.56. The van der Waals surface area contributed by atoms with Crippen LogP contribution in [0.3, 0.4) is 0 Å². The molecule has 0 aliphatic carbocycles. The molecular formula is C3H6O4P+. The van der Waals surface area contributed by atoms with E-state index in [2.05, 4.69) is 4.52 Å². The first-order chi connectivity index (χ1) is 3.77. The molecule has 4 nitrogen and oxygen atoms in total. The first kappa shape index (κ1) is 7.56. The number of hydrogen-bond donors (Lipinski definition) is 2. The zero-order valence-electron chi connectivity index (χ0n) is 4.02. The molecule has 5 heteroatoms. The fourth-order valence-electron chi connectivity index (χ4n) is 0.138. The molecule has 0 aromatic heterocycles. The fraction of sp³-hybridized carbons (Fsp3) is 0.333. The third-order valence-electron chi connectivity index (χ3n) is 0.353. The number of aliphatic hydroxyl groups is 1. The molecule has 0 aliphatic heterocycles. The monoisotopic (exact) mass is 137 g/mol. The number of hydrogen-bond acceptors (Lipinski definition) is 3. The second-order valence-electron chi connectivity index (χ2n) is 0.898. The molecule has 0 heterocycles. The largest absolute Gasteiger partial charge is 0.746 e. The molecular weight excluding hydrogens is 131 g/mol. The van der Waals surface area contributed by atoms with Crippen LogP contribution in [0.25, 0.3) is 0 Å². The van der Waals surface area contributed by atoms with Crippen molar-refractivity contribution < 1.29 is 19.1 Å². The van der Waals surface area contributed by atoms with Gasteiger partial charge >= 0.3 is 8.25 Å². The molecule has 1 unspecified atom stereocenters. The lowest BCUT2D eigenvalue weighted by Gasteiger charge is -1.72. The average Bonchev–Trinajstić information content (AvgIpc) is 1.66. The lowest BCUT2D eigenvalue weighted by Crippen LogP contribution is -1.70. The van der Waals surface area contributed by atoms with Gasteiger partial charge < -0.3 is 5.11 Å². The van der Waals surface area contributed by atoms with Gasteiger partial charge in [0.1, 0.15) is 0 Å². The normalized spacial score (nSPS) is 12.0. The van der Waals surface area contributed by atoms with E-state index in [-0.39, 0.29) is 6.61 Å². The molecule has 0 radical (unpaired) electrons. The maximum absolute atomic E-state index is 9.67. The molecule has 0 aromatic rings. The average molecular weight is 137 g/mol. The van der Waals surface area contributed by atoms with Gasteiger partial charge in [-0.25, -0.2) is 4.52 Å². The van der Waals surface area contributed by atoms with E-state index in [1.807, 2.05) is 0 Å². The highest BCUT2D eigenvalue weighted by Crippen LogP contribution is 2.13. The first-order valence-corrected chi connectivity index (χ1v) is 2.99. The van der Waals surface area contributed by atoms with E-state index in [9.17, 15) is 4.57 Å². The predicted molar refractivity (Wildman–Crippen MR) is 27.1 cm³/mol. The van der Waals surface area contributed by atoms with E-state index in [0.29, 0.717) is 0 Å². The van der Waals surface area contributed by atoms with Crippen molar-refractivity contribution in [2.45, 2.75) is 0 Å². The van der Waals surface area contributed by atoms with Crippen molar-refractivity contribution in [1.29, 1.82) is 0 Å². The van der Waals surface area contributed by atoms with Crippen molar-refractivity contribution in [3.05, 3.63) is 12.3 Å². The summed E-state index contributed by atoms with van der Waals surface area (Å²) in [5.41, 5.74) is 0. The van der Waals surface area contributed by atoms with Gasteiger partial charge in [0.05, 0.1) is 6.61 Å².